The largest absolute Gasteiger partial charge is 0.379 e. The zero-order valence-corrected chi connectivity index (χ0v) is 13.3. The van der Waals surface area contributed by atoms with Crippen LogP contribution in [0.1, 0.15) is 29.0 Å². The van der Waals surface area contributed by atoms with Crippen LogP contribution in [0.5, 0.6) is 0 Å². The summed E-state index contributed by atoms with van der Waals surface area (Å²) in [4.78, 5) is 21.3. The standard InChI is InChI=1S/C17H25N3O2/c1-14-3-2-4-16(18-14)17(21)20-7-5-15(6-8-20)13-19-9-11-22-12-10-19/h2-4,15H,5-13H2,1H3. The summed E-state index contributed by atoms with van der Waals surface area (Å²) in [5.74, 6) is 0.779. The predicted octanol–water partition coefficient (Wildman–Crippen LogP) is 1.57. The molecule has 2 fully saturated rings. The summed E-state index contributed by atoms with van der Waals surface area (Å²) in [5.41, 5.74) is 1.47. The number of ether oxygens (including phenoxy) is 1. The van der Waals surface area contributed by atoms with Crippen molar-refractivity contribution in [1.82, 2.24) is 14.8 Å². The normalized spacial score (nSPS) is 21.0. The molecule has 0 bridgehead atoms. The molecule has 0 saturated carbocycles. The molecule has 5 heteroatoms. The van der Waals surface area contributed by atoms with Gasteiger partial charge in [-0.25, -0.2) is 4.98 Å². The van der Waals surface area contributed by atoms with Crippen LogP contribution in [0, 0.1) is 12.8 Å². The second-order valence-corrected chi connectivity index (χ2v) is 6.31. The number of aryl methyl sites for hydroxylation is 1. The molecule has 120 valence electrons. The van der Waals surface area contributed by atoms with E-state index < -0.39 is 0 Å². The molecule has 0 aromatic carbocycles. The van der Waals surface area contributed by atoms with E-state index in [2.05, 4.69) is 9.88 Å². The van der Waals surface area contributed by atoms with Crippen molar-refractivity contribution in [1.29, 1.82) is 0 Å². The number of carbonyl (C=O) groups excluding carboxylic acids is 1. The summed E-state index contributed by atoms with van der Waals surface area (Å²) in [7, 11) is 0. The van der Waals surface area contributed by atoms with E-state index in [1.54, 1.807) is 0 Å². The highest BCUT2D eigenvalue weighted by atomic mass is 16.5. The number of piperidine rings is 1. The van der Waals surface area contributed by atoms with Gasteiger partial charge < -0.3 is 9.64 Å². The number of pyridine rings is 1. The van der Waals surface area contributed by atoms with Gasteiger partial charge in [-0.1, -0.05) is 6.07 Å². The highest BCUT2D eigenvalue weighted by Gasteiger charge is 2.26. The van der Waals surface area contributed by atoms with E-state index in [1.807, 2.05) is 30.0 Å². The van der Waals surface area contributed by atoms with Crippen LogP contribution in [0.15, 0.2) is 18.2 Å². The van der Waals surface area contributed by atoms with Crippen LogP contribution in [0.3, 0.4) is 0 Å². The third-order valence-corrected chi connectivity index (χ3v) is 4.63. The number of morpholine rings is 1. The Morgan fingerprint density at radius 2 is 1.95 bits per heavy atom. The quantitative estimate of drug-likeness (QED) is 0.850. The zero-order valence-electron chi connectivity index (χ0n) is 13.3. The minimum atomic E-state index is 0.0773. The van der Waals surface area contributed by atoms with Crippen LogP contribution >= 0.6 is 0 Å². The van der Waals surface area contributed by atoms with E-state index in [0.717, 1.165) is 64.5 Å². The predicted molar refractivity (Wildman–Crippen MR) is 84.9 cm³/mol. The van der Waals surface area contributed by atoms with Crippen LogP contribution in [-0.2, 0) is 4.74 Å². The summed E-state index contributed by atoms with van der Waals surface area (Å²) >= 11 is 0. The molecule has 5 nitrogen and oxygen atoms in total. The van der Waals surface area contributed by atoms with Crippen molar-refractivity contribution in [2.24, 2.45) is 5.92 Å². The molecule has 3 rings (SSSR count). The fraction of sp³-hybridized carbons (Fsp3) is 0.647. The van der Waals surface area contributed by atoms with E-state index in [0.29, 0.717) is 11.6 Å². The zero-order chi connectivity index (χ0) is 15.4. The number of rotatable bonds is 3. The number of hydrogen-bond donors (Lipinski definition) is 0. The second kappa shape index (κ2) is 7.20. The lowest BCUT2D eigenvalue weighted by molar-refractivity contribution is 0.0242. The lowest BCUT2D eigenvalue weighted by Gasteiger charge is -2.36. The maximum Gasteiger partial charge on any atom is 0.272 e. The molecular formula is C17H25N3O2. The Morgan fingerprint density at radius 1 is 1.23 bits per heavy atom. The van der Waals surface area contributed by atoms with Gasteiger partial charge in [-0.3, -0.25) is 9.69 Å². The Hall–Kier alpha value is -1.46. The van der Waals surface area contributed by atoms with Crippen molar-refractivity contribution in [3.8, 4) is 0 Å². The molecule has 2 saturated heterocycles. The number of likely N-dealkylation sites (tertiary alicyclic amines) is 1. The number of nitrogens with zero attached hydrogens (tertiary/aromatic N) is 3. The first-order valence-corrected chi connectivity index (χ1v) is 8.25. The molecule has 1 amide bonds. The molecule has 0 unspecified atom stereocenters. The SMILES string of the molecule is Cc1cccc(C(=O)N2CCC(CN3CCOCC3)CC2)n1. The second-order valence-electron chi connectivity index (χ2n) is 6.31. The first kappa shape index (κ1) is 15.4. The molecule has 1 aromatic heterocycles. The van der Waals surface area contributed by atoms with Crippen LogP contribution < -0.4 is 0 Å². The Balaban J connectivity index is 1.49. The van der Waals surface area contributed by atoms with Crippen LogP contribution in [0.4, 0.5) is 0 Å². The van der Waals surface area contributed by atoms with E-state index in [9.17, 15) is 4.79 Å². The molecule has 0 spiro atoms. The summed E-state index contributed by atoms with van der Waals surface area (Å²) in [6.45, 7) is 8.58. The molecule has 0 N–H and O–H groups in total. The van der Waals surface area contributed by atoms with Gasteiger partial charge in [0.25, 0.3) is 5.91 Å². The summed E-state index contributed by atoms with van der Waals surface area (Å²) in [5, 5.41) is 0. The summed E-state index contributed by atoms with van der Waals surface area (Å²) in [6, 6.07) is 5.64. The van der Waals surface area contributed by atoms with Gasteiger partial charge in [-0.2, -0.15) is 0 Å². The first-order valence-electron chi connectivity index (χ1n) is 8.25. The molecule has 0 atom stereocenters. The van der Waals surface area contributed by atoms with E-state index >= 15 is 0 Å². The first-order chi connectivity index (χ1) is 10.7. The number of amides is 1. The van der Waals surface area contributed by atoms with Gasteiger partial charge in [0.1, 0.15) is 5.69 Å². The van der Waals surface area contributed by atoms with Crippen molar-refractivity contribution in [2.75, 3.05) is 45.9 Å². The minimum absolute atomic E-state index is 0.0773. The molecule has 2 aliphatic heterocycles. The van der Waals surface area contributed by atoms with Crippen molar-refractivity contribution >= 4 is 5.91 Å². The van der Waals surface area contributed by atoms with Gasteiger partial charge in [-0.15, -0.1) is 0 Å². The van der Waals surface area contributed by atoms with Crippen molar-refractivity contribution < 1.29 is 9.53 Å². The fourth-order valence-corrected chi connectivity index (χ4v) is 3.29. The highest BCUT2D eigenvalue weighted by molar-refractivity contribution is 5.92. The fourth-order valence-electron chi connectivity index (χ4n) is 3.29. The van der Waals surface area contributed by atoms with Crippen LogP contribution in [0.2, 0.25) is 0 Å². The monoisotopic (exact) mass is 303 g/mol. The maximum atomic E-state index is 12.5. The van der Waals surface area contributed by atoms with Gasteiger partial charge in [0.15, 0.2) is 0 Å². The number of carbonyl (C=O) groups is 1. The summed E-state index contributed by atoms with van der Waals surface area (Å²) in [6.07, 6.45) is 2.18. The molecule has 0 radical (unpaired) electrons. The van der Waals surface area contributed by atoms with E-state index in [4.69, 9.17) is 4.74 Å². The van der Waals surface area contributed by atoms with E-state index in [-0.39, 0.29) is 5.91 Å². The highest BCUT2D eigenvalue weighted by Crippen LogP contribution is 2.20. The van der Waals surface area contributed by atoms with Crippen molar-refractivity contribution in [3.05, 3.63) is 29.6 Å². The van der Waals surface area contributed by atoms with Gasteiger partial charge >= 0.3 is 0 Å². The molecular weight excluding hydrogens is 278 g/mol. The van der Waals surface area contributed by atoms with Gasteiger partial charge in [0.05, 0.1) is 13.2 Å². The smallest absolute Gasteiger partial charge is 0.272 e. The van der Waals surface area contributed by atoms with Crippen molar-refractivity contribution in [3.63, 3.8) is 0 Å². The number of hydrogen-bond acceptors (Lipinski definition) is 4. The Labute approximate surface area is 132 Å². The molecule has 2 aliphatic rings. The molecule has 0 aliphatic carbocycles. The van der Waals surface area contributed by atoms with Gasteiger partial charge in [-0.05, 0) is 37.8 Å². The third-order valence-electron chi connectivity index (χ3n) is 4.63. The average Bonchev–Trinajstić information content (AvgIpc) is 2.56. The van der Waals surface area contributed by atoms with Crippen LogP contribution in [0.25, 0.3) is 0 Å². The summed E-state index contributed by atoms with van der Waals surface area (Å²) < 4.78 is 5.39. The Kier molecular flexibility index (Phi) is 5.05. The molecule has 22 heavy (non-hydrogen) atoms. The van der Waals surface area contributed by atoms with Crippen LogP contribution in [-0.4, -0.2) is 66.6 Å². The molecule has 3 heterocycles. The Morgan fingerprint density at radius 3 is 2.64 bits per heavy atom. The average molecular weight is 303 g/mol. The Bertz CT molecular complexity index is 506. The lowest BCUT2D eigenvalue weighted by atomic mass is 9.95. The minimum Gasteiger partial charge on any atom is -0.379 e. The maximum absolute atomic E-state index is 12.5. The molecule has 1 aromatic rings. The van der Waals surface area contributed by atoms with Gasteiger partial charge in [0.2, 0.25) is 0 Å². The number of aromatic nitrogens is 1. The van der Waals surface area contributed by atoms with Crippen molar-refractivity contribution in [2.45, 2.75) is 19.8 Å². The van der Waals surface area contributed by atoms with Gasteiger partial charge in [0, 0.05) is 38.4 Å². The third kappa shape index (κ3) is 3.84. The topological polar surface area (TPSA) is 45.7 Å². The van der Waals surface area contributed by atoms with E-state index in [1.165, 1.54) is 0 Å². The lowest BCUT2D eigenvalue weighted by Crippen LogP contribution is -2.44.